The van der Waals surface area contributed by atoms with E-state index in [1.807, 2.05) is 6.07 Å². The van der Waals surface area contributed by atoms with E-state index in [4.69, 9.17) is 18.6 Å². The summed E-state index contributed by atoms with van der Waals surface area (Å²) in [7, 11) is 2.97. The lowest BCUT2D eigenvalue weighted by Gasteiger charge is -2.40. The number of carbonyl (C=O) groups excluding carboxylic acids is 3. The van der Waals surface area contributed by atoms with Gasteiger partial charge < -0.3 is 39.1 Å². The van der Waals surface area contributed by atoms with E-state index in [0.717, 1.165) is 19.3 Å². The van der Waals surface area contributed by atoms with Gasteiger partial charge in [-0.15, -0.1) is 0 Å². The molecule has 44 heavy (non-hydrogen) atoms. The molecule has 2 aromatic carbocycles. The van der Waals surface area contributed by atoms with Gasteiger partial charge in [0.1, 0.15) is 18.5 Å². The van der Waals surface area contributed by atoms with Gasteiger partial charge in [0.2, 0.25) is 5.91 Å². The van der Waals surface area contributed by atoms with Crippen molar-refractivity contribution in [2.24, 2.45) is 0 Å². The average molecular weight is 607 g/mol. The van der Waals surface area contributed by atoms with Gasteiger partial charge in [0.25, 0.3) is 5.91 Å². The lowest BCUT2D eigenvalue weighted by molar-refractivity contribution is -0.118. The van der Waals surface area contributed by atoms with Crippen molar-refractivity contribution in [2.75, 3.05) is 33.9 Å². The fourth-order valence-corrected chi connectivity index (χ4v) is 6.10. The molecule has 0 radical (unpaired) electrons. The molecule has 11 nitrogen and oxygen atoms in total. The molecule has 0 bridgehead atoms. The summed E-state index contributed by atoms with van der Waals surface area (Å²) in [6, 6.07) is 9.19. The highest BCUT2D eigenvalue weighted by Gasteiger charge is 2.51. The number of aldehydes is 1. The van der Waals surface area contributed by atoms with Crippen molar-refractivity contribution in [1.82, 2.24) is 10.2 Å². The predicted octanol–water partition coefficient (Wildman–Crippen LogP) is 3.61. The van der Waals surface area contributed by atoms with Crippen molar-refractivity contribution < 1.29 is 43.2 Å². The van der Waals surface area contributed by atoms with Crippen LogP contribution in [0.2, 0.25) is 0 Å². The first kappa shape index (κ1) is 31.1. The normalized spacial score (nSPS) is 20.2. The molecule has 1 aliphatic carbocycles. The van der Waals surface area contributed by atoms with Crippen LogP contribution in [-0.2, 0) is 4.79 Å². The summed E-state index contributed by atoms with van der Waals surface area (Å²) in [5, 5.41) is 24.6. The van der Waals surface area contributed by atoms with Gasteiger partial charge in [0.15, 0.2) is 28.6 Å². The number of hydrogen-bond donors (Lipinski definition) is 3. The number of amides is 2. The van der Waals surface area contributed by atoms with Gasteiger partial charge in [0, 0.05) is 35.2 Å². The molecule has 0 fully saturated rings. The highest BCUT2D eigenvalue weighted by molar-refractivity contribution is 5.99. The lowest BCUT2D eigenvalue weighted by atomic mass is 9.77. The van der Waals surface area contributed by atoms with Crippen LogP contribution in [0.4, 0.5) is 0 Å². The van der Waals surface area contributed by atoms with E-state index in [9.17, 15) is 24.6 Å². The Morgan fingerprint density at radius 3 is 2.59 bits per heavy atom. The molecule has 3 aromatic rings. The second-order valence-electron chi connectivity index (χ2n) is 11.0. The fraction of sp³-hybridized carbons (Fsp3) is 0.424. The van der Waals surface area contributed by atoms with E-state index in [1.54, 1.807) is 30.3 Å². The number of carbonyl (C=O) groups is 3. The molecule has 4 atom stereocenters. The summed E-state index contributed by atoms with van der Waals surface area (Å²) in [5.74, 6) is -0.520. The number of methoxy groups -OCH3 is 2. The Balaban J connectivity index is 1.59. The van der Waals surface area contributed by atoms with E-state index in [-0.39, 0.29) is 24.5 Å². The van der Waals surface area contributed by atoms with Gasteiger partial charge in [0.05, 0.1) is 32.8 Å². The maximum Gasteiger partial charge on any atom is 0.290 e. The number of furan rings is 1. The van der Waals surface area contributed by atoms with Crippen molar-refractivity contribution in [1.29, 1.82) is 0 Å². The van der Waals surface area contributed by atoms with Crippen LogP contribution in [0.15, 0.2) is 52.5 Å². The van der Waals surface area contributed by atoms with Gasteiger partial charge in [-0.25, -0.2) is 0 Å². The first-order valence-electron chi connectivity index (χ1n) is 14.9. The maximum absolute atomic E-state index is 14.2. The molecule has 1 aliphatic heterocycles. The maximum atomic E-state index is 14.2. The molecule has 5 rings (SSSR count). The first-order valence-corrected chi connectivity index (χ1v) is 14.9. The molecule has 4 unspecified atom stereocenters. The third-order valence-electron chi connectivity index (χ3n) is 8.22. The van der Waals surface area contributed by atoms with Crippen LogP contribution in [0.25, 0.3) is 11.0 Å². The Bertz CT molecular complexity index is 1560. The molecule has 11 heteroatoms. The van der Waals surface area contributed by atoms with Crippen molar-refractivity contribution >= 4 is 29.1 Å². The summed E-state index contributed by atoms with van der Waals surface area (Å²) < 4.78 is 23.2. The summed E-state index contributed by atoms with van der Waals surface area (Å²) in [6.07, 6.45) is 3.56. The van der Waals surface area contributed by atoms with Crippen LogP contribution in [0.3, 0.4) is 0 Å². The van der Waals surface area contributed by atoms with Gasteiger partial charge in [-0.2, -0.15) is 0 Å². The Kier molecular flexibility index (Phi) is 9.55. The number of unbranched alkanes of at least 4 members (excludes halogenated alkanes) is 3. The highest BCUT2D eigenvalue weighted by Crippen LogP contribution is 2.51. The van der Waals surface area contributed by atoms with Crippen LogP contribution >= 0.6 is 0 Å². The SMILES string of the molecule is CCCCCCN(C(=O)c1cc2cccc(OC)c2o1)C1C=C(C(=O)NCCO)C2c3cc(C=O)cc(OC)c3OC2C1O. The number of fused-ring (bicyclic) bond motifs is 4. The molecular weight excluding hydrogens is 568 g/mol. The molecule has 1 aromatic heterocycles. The lowest BCUT2D eigenvalue weighted by Crippen LogP contribution is -2.56. The smallest absolute Gasteiger partial charge is 0.290 e. The van der Waals surface area contributed by atoms with E-state index in [1.165, 1.54) is 25.2 Å². The zero-order chi connectivity index (χ0) is 31.4. The van der Waals surface area contributed by atoms with Crippen molar-refractivity contribution in [3.05, 3.63) is 64.9 Å². The first-order chi connectivity index (χ1) is 21.4. The van der Waals surface area contributed by atoms with E-state index >= 15 is 0 Å². The zero-order valence-corrected chi connectivity index (χ0v) is 25.1. The monoisotopic (exact) mass is 606 g/mol. The minimum atomic E-state index is -1.25. The third kappa shape index (κ3) is 5.77. The number of benzene rings is 2. The summed E-state index contributed by atoms with van der Waals surface area (Å²) in [5.41, 5.74) is 1.52. The van der Waals surface area contributed by atoms with Gasteiger partial charge in [-0.05, 0) is 36.8 Å². The molecule has 0 spiro atoms. The highest BCUT2D eigenvalue weighted by atomic mass is 16.5. The molecule has 3 N–H and O–H groups in total. The van der Waals surface area contributed by atoms with Crippen LogP contribution in [0.5, 0.6) is 17.2 Å². The second-order valence-corrected chi connectivity index (χ2v) is 11.0. The van der Waals surface area contributed by atoms with E-state index < -0.39 is 36.0 Å². The number of para-hydroxylation sites is 1. The van der Waals surface area contributed by atoms with Crippen LogP contribution in [-0.4, -0.2) is 85.4 Å². The molecular formula is C33H38N2O9. The number of rotatable bonds is 13. The largest absolute Gasteiger partial charge is 0.493 e. The minimum absolute atomic E-state index is 0.00662. The summed E-state index contributed by atoms with van der Waals surface area (Å²) in [6.45, 7) is 2.12. The average Bonchev–Trinajstić information content (AvgIpc) is 3.66. The molecule has 234 valence electrons. The zero-order valence-electron chi connectivity index (χ0n) is 25.1. The second kappa shape index (κ2) is 13.5. The van der Waals surface area contributed by atoms with Crippen LogP contribution < -0.4 is 19.5 Å². The molecule has 2 aliphatic rings. The van der Waals surface area contributed by atoms with Gasteiger partial charge >= 0.3 is 0 Å². The summed E-state index contributed by atoms with van der Waals surface area (Å²) >= 11 is 0. The Morgan fingerprint density at radius 2 is 1.89 bits per heavy atom. The Hall–Kier alpha value is -4.35. The fourth-order valence-electron chi connectivity index (χ4n) is 6.10. The standard InChI is InChI=1S/C33H38N2O9/c1-4-5-6-7-12-35(33(40)26-16-20-9-8-10-24(41-2)29(20)43-26)23-17-22(32(39)34-11-13-36)27-21-14-19(18-37)15-25(42-3)30(21)44-31(27)28(23)38/h8-10,14-18,23,27-28,31,36,38H,4-7,11-13H2,1-3H3,(H,34,39). The van der Waals surface area contributed by atoms with E-state index in [2.05, 4.69) is 12.2 Å². The Morgan fingerprint density at radius 1 is 1.09 bits per heavy atom. The van der Waals surface area contributed by atoms with Gasteiger partial charge in [-0.1, -0.05) is 38.3 Å². The summed E-state index contributed by atoms with van der Waals surface area (Å²) in [4.78, 5) is 41.0. The number of hydrogen-bond acceptors (Lipinski definition) is 9. The molecule has 2 amide bonds. The number of nitrogens with one attached hydrogen (secondary N) is 1. The number of ether oxygens (including phenoxy) is 3. The van der Waals surface area contributed by atoms with Gasteiger partial charge in [-0.3, -0.25) is 14.4 Å². The van der Waals surface area contributed by atoms with Crippen molar-refractivity contribution in [2.45, 2.75) is 56.8 Å². The quantitative estimate of drug-likeness (QED) is 0.196. The molecule has 0 saturated carbocycles. The number of nitrogens with zero attached hydrogens (tertiary/aromatic N) is 1. The van der Waals surface area contributed by atoms with Crippen LogP contribution in [0, 0.1) is 0 Å². The third-order valence-corrected chi connectivity index (χ3v) is 8.22. The molecule has 0 saturated heterocycles. The van der Waals surface area contributed by atoms with Crippen molar-refractivity contribution in [3.8, 4) is 17.2 Å². The van der Waals surface area contributed by atoms with E-state index in [0.29, 0.717) is 58.6 Å². The number of aliphatic hydroxyl groups excluding tert-OH is 2. The van der Waals surface area contributed by atoms with Crippen molar-refractivity contribution in [3.63, 3.8) is 0 Å². The number of aliphatic hydroxyl groups is 2. The minimum Gasteiger partial charge on any atom is -0.493 e. The predicted molar refractivity (Wildman–Crippen MR) is 161 cm³/mol. The van der Waals surface area contributed by atoms with Crippen LogP contribution in [0.1, 0.15) is 65.0 Å². The topological polar surface area (TPSA) is 148 Å². The molecule has 2 heterocycles. The Labute approximate surface area is 255 Å².